The van der Waals surface area contributed by atoms with E-state index in [4.69, 9.17) is 9.47 Å². The average molecular weight is 385 g/mol. The number of esters is 1. The Morgan fingerprint density at radius 3 is 2.81 bits per heavy atom. The van der Waals surface area contributed by atoms with E-state index < -0.39 is 5.97 Å². The Bertz CT molecular complexity index is 970. The number of carbonyl (C=O) groups is 2. The SMILES string of the molecule is CCOC(=O)c1ccccc1NC(=O)CSc1nc2ccc(OC)cc2[nH]1. The molecule has 3 aromatic rings. The van der Waals surface area contributed by atoms with E-state index >= 15 is 0 Å². The van der Waals surface area contributed by atoms with Crippen molar-refractivity contribution in [3.63, 3.8) is 0 Å². The molecule has 0 fully saturated rings. The number of nitrogens with zero attached hydrogens (tertiary/aromatic N) is 1. The predicted molar refractivity (Wildman–Crippen MR) is 104 cm³/mol. The summed E-state index contributed by atoms with van der Waals surface area (Å²) in [5, 5.41) is 3.38. The quantitative estimate of drug-likeness (QED) is 0.478. The smallest absolute Gasteiger partial charge is 0.340 e. The van der Waals surface area contributed by atoms with Crippen LogP contribution in [-0.4, -0.2) is 41.3 Å². The van der Waals surface area contributed by atoms with Gasteiger partial charge in [-0.15, -0.1) is 0 Å². The van der Waals surface area contributed by atoms with Crippen LogP contribution in [0.25, 0.3) is 11.0 Å². The van der Waals surface area contributed by atoms with Gasteiger partial charge in [-0.2, -0.15) is 0 Å². The Labute approximate surface area is 160 Å². The normalized spacial score (nSPS) is 10.6. The van der Waals surface area contributed by atoms with Crippen LogP contribution in [0.15, 0.2) is 47.6 Å². The Balaban J connectivity index is 1.64. The van der Waals surface area contributed by atoms with Gasteiger partial charge in [0.15, 0.2) is 5.16 Å². The molecule has 0 unspecified atom stereocenters. The van der Waals surface area contributed by atoms with Crippen molar-refractivity contribution in [2.45, 2.75) is 12.1 Å². The molecule has 0 aliphatic carbocycles. The number of para-hydroxylation sites is 1. The Morgan fingerprint density at radius 1 is 1.22 bits per heavy atom. The largest absolute Gasteiger partial charge is 0.497 e. The van der Waals surface area contributed by atoms with Gasteiger partial charge < -0.3 is 19.8 Å². The fourth-order valence-corrected chi connectivity index (χ4v) is 3.14. The number of amides is 1. The minimum Gasteiger partial charge on any atom is -0.497 e. The number of imidazole rings is 1. The highest BCUT2D eigenvalue weighted by molar-refractivity contribution is 7.99. The number of carbonyl (C=O) groups excluding carboxylic acids is 2. The van der Waals surface area contributed by atoms with Gasteiger partial charge in [0.25, 0.3) is 0 Å². The molecular formula is C19H19N3O4S. The second-order valence-electron chi connectivity index (χ2n) is 5.53. The van der Waals surface area contributed by atoms with Gasteiger partial charge in [-0.3, -0.25) is 4.79 Å². The van der Waals surface area contributed by atoms with E-state index in [1.807, 2.05) is 18.2 Å². The van der Waals surface area contributed by atoms with Crippen LogP contribution in [0.4, 0.5) is 5.69 Å². The molecule has 27 heavy (non-hydrogen) atoms. The summed E-state index contributed by atoms with van der Waals surface area (Å²) in [7, 11) is 1.60. The first-order valence-corrected chi connectivity index (χ1v) is 9.32. The number of benzene rings is 2. The first kappa shape index (κ1) is 18.8. The standard InChI is InChI=1S/C19H19N3O4S/c1-3-26-18(24)13-6-4-5-7-14(13)20-17(23)11-27-19-21-15-9-8-12(25-2)10-16(15)22-19/h4-10H,3,11H2,1-2H3,(H,20,23)(H,21,22). The molecule has 3 rings (SSSR count). The molecule has 8 heteroatoms. The minimum absolute atomic E-state index is 0.147. The van der Waals surface area contributed by atoms with Crippen molar-refractivity contribution >= 4 is 40.4 Å². The van der Waals surface area contributed by atoms with E-state index in [9.17, 15) is 9.59 Å². The number of rotatable bonds is 7. The third kappa shape index (κ3) is 4.59. The van der Waals surface area contributed by atoms with Crippen molar-refractivity contribution in [3.8, 4) is 5.75 Å². The van der Waals surface area contributed by atoms with Crippen LogP contribution in [-0.2, 0) is 9.53 Å². The van der Waals surface area contributed by atoms with Gasteiger partial charge in [-0.05, 0) is 31.2 Å². The first-order chi connectivity index (χ1) is 13.1. The number of hydrogen-bond donors (Lipinski definition) is 2. The lowest BCUT2D eigenvalue weighted by Crippen LogP contribution is -2.17. The number of fused-ring (bicyclic) bond motifs is 1. The van der Waals surface area contributed by atoms with E-state index in [-0.39, 0.29) is 18.3 Å². The van der Waals surface area contributed by atoms with Gasteiger partial charge >= 0.3 is 5.97 Å². The molecule has 140 valence electrons. The molecule has 0 spiro atoms. The maximum atomic E-state index is 12.3. The molecule has 1 amide bonds. The van der Waals surface area contributed by atoms with Crippen molar-refractivity contribution in [1.29, 1.82) is 0 Å². The first-order valence-electron chi connectivity index (χ1n) is 8.33. The number of thioether (sulfide) groups is 1. The summed E-state index contributed by atoms with van der Waals surface area (Å²) in [6.07, 6.45) is 0. The van der Waals surface area contributed by atoms with Crippen LogP contribution >= 0.6 is 11.8 Å². The number of H-pyrrole nitrogens is 1. The Hall–Kier alpha value is -3.00. The summed E-state index contributed by atoms with van der Waals surface area (Å²) in [6, 6.07) is 12.3. The van der Waals surface area contributed by atoms with E-state index in [1.165, 1.54) is 11.8 Å². The summed E-state index contributed by atoms with van der Waals surface area (Å²) >= 11 is 1.28. The van der Waals surface area contributed by atoms with Gasteiger partial charge in [0, 0.05) is 6.07 Å². The molecule has 2 N–H and O–H groups in total. The molecular weight excluding hydrogens is 366 g/mol. The second-order valence-corrected chi connectivity index (χ2v) is 6.49. The third-order valence-electron chi connectivity index (χ3n) is 3.70. The fourth-order valence-electron chi connectivity index (χ4n) is 2.46. The molecule has 0 radical (unpaired) electrons. The summed E-state index contributed by atoms with van der Waals surface area (Å²) in [5.41, 5.74) is 2.39. The zero-order valence-electron chi connectivity index (χ0n) is 14.9. The van der Waals surface area contributed by atoms with Crippen LogP contribution in [0.5, 0.6) is 5.75 Å². The molecule has 0 aliphatic rings. The second kappa shape index (κ2) is 8.59. The number of anilines is 1. The Kier molecular flexibility index (Phi) is 5.97. The van der Waals surface area contributed by atoms with Crippen molar-refractivity contribution < 1.29 is 19.1 Å². The highest BCUT2D eigenvalue weighted by Gasteiger charge is 2.14. The van der Waals surface area contributed by atoms with E-state index in [2.05, 4.69) is 15.3 Å². The maximum absolute atomic E-state index is 12.3. The Morgan fingerprint density at radius 2 is 2.04 bits per heavy atom. The van der Waals surface area contributed by atoms with Gasteiger partial charge in [0.1, 0.15) is 5.75 Å². The summed E-state index contributed by atoms with van der Waals surface area (Å²) in [4.78, 5) is 31.9. The van der Waals surface area contributed by atoms with Gasteiger partial charge in [-0.25, -0.2) is 9.78 Å². The zero-order valence-corrected chi connectivity index (χ0v) is 15.8. The van der Waals surface area contributed by atoms with Crippen molar-refractivity contribution in [1.82, 2.24) is 9.97 Å². The van der Waals surface area contributed by atoms with Crippen LogP contribution in [0.2, 0.25) is 0 Å². The number of nitrogens with one attached hydrogen (secondary N) is 2. The van der Waals surface area contributed by atoms with E-state index in [1.54, 1.807) is 38.3 Å². The van der Waals surface area contributed by atoms with E-state index in [0.29, 0.717) is 16.4 Å². The number of aromatic amines is 1. The lowest BCUT2D eigenvalue weighted by molar-refractivity contribution is -0.113. The fraction of sp³-hybridized carbons (Fsp3) is 0.211. The molecule has 1 heterocycles. The summed E-state index contributed by atoms with van der Waals surface area (Å²) < 4.78 is 10.2. The maximum Gasteiger partial charge on any atom is 0.340 e. The molecule has 2 aromatic carbocycles. The van der Waals surface area contributed by atoms with Crippen LogP contribution in [0, 0.1) is 0 Å². The number of methoxy groups -OCH3 is 1. The topological polar surface area (TPSA) is 93.3 Å². The van der Waals surface area contributed by atoms with Crippen molar-refractivity contribution in [2.75, 3.05) is 24.8 Å². The van der Waals surface area contributed by atoms with Gasteiger partial charge in [0.05, 0.1) is 41.8 Å². The molecule has 0 atom stereocenters. The lowest BCUT2D eigenvalue weighted by Gasteiger charge is -2.09. The van der Waals surface area contributed by atoms with Crippen LogP contribution < -0.4 is 10.1 Å². The van der Waals surface area contributed by atoms with Crippen molar-refractivity contribution in [2.24, 2.45) is 0 Å². The lowest BCUT2D eigenvalue weighted by atomic mass is 10.2. The summed E-state index contributed by atoms with van der Waals surface area (Å²) in [5.74, 6) is 0.173. The van der Waals surface area contributed by atoms with Crippen molar-refractivity contribution in [3.05, 3.63) is 48.0 Å². The summed E-state index contributed by atoms with van der Waals surface area (Å²) in [6.45, 7) is 2.01. The molecule has 0 saturated heterocycles. The number of hydrogen-bond acceptors (Lipinski definition) is 6. The van der Waals surface area contributed by atoms with Gasteiger partial charge in [0.2, 0.25) is 5.91 Å². The minimum atomic E-state index is -0.465. The third-order valence-corrected chi connectivity index (χ3v) is 4.58. The highest BCUT2D eigenvalue weighted by Crippen LogP contribution is 2.23. The zero-order chi connectivity index (χ0) is 19.2. The van der Waals surface area contributed by atoms with Crippen LogP contribution in [0.1, 0.15) is 17.3 Å². The molecule has 0 aliphatic heterocycles. The monoisotopic (exact) mass is 385 g/mol. The molecule has 0 bridgehead atoms. The molecule has 7 nitrogen and oxygen atoms in total. The van der Waals surface area contributed by atoms with Crippen LogP contribution in [0.3, 0.4) is 0 Å². The van der Waals surface area contributed by atoms with Gasteiger partial charge in [-0.1, -0.05) is 23.9 Å². The molecule has 0 saturated carbocycles. The molecule has 1 aromatic heterocycles. The number of ether oxygens (including phenoxy) is 2. The van der Waals surface area contributed by atoms with E-state index in [0.717, 1.165) is 16.8 Å². The number of aromatic nitrogens is 2. The average Bonchev–Trinajstić information content (AvgIpc) is 3.09. The predicted octanol–water partition coefficient (Wildman–Crippen LogP) is 3.48. The highest BCUT2D eigenvalue weighted by atomic mass is 32.2.